The number of phenolic OH excluding ortho intramolecular Hbond substituents is 1. The Bertz CT molecular complexity index is 1590. The number of hydrogen-bond acceptors (Lipinski definition) is 6. The molecule has 0 bridgehead atoms. The zero-order valence-electron chi connectivity index (χ0n) is 23.7. The highest BCUT2D eigenvalue weighted by molar-refractivity contribution is 6.24. The summed E-state index contributed by atoms with van der Waals surface area (Å²) in [5.41, 5.74) is 3.86. The summed E-state index contributed by atoms with van der Waals surface area (Å²) in [6.45, 7) is 4.12. The van der Waals surface area contributed by atoms with Gasteiger partial charge in [0.15, 0.2) is 11.6 Å². The average molecular weight is 563 g/mol. The molecule has 42 heavy (non-hydrogen) atoms. The highest BCUT2D eigenvalue weighted by atomic mass is 16.3. The van der Waals surface area contributed by atoms with E-state index in [9.17, 15) is 24.3 Å². The molecule has 4 unspecified atom stereocenters. The lowest BCUT2D eigenvalue weighted by Gasteiger charge is -2.42. The number of phenols is 1. The molecule has 1 N–H and O–H groups in total. The molecule has 0 saturated carbocycles. The van der Waals surface area contributed by atoms with Gasteiger partial charge in [-0.15, -0.1) is 0 Å². The van der Waals surface area contributed by atoms with Crippen LogP contribution < -0.4 is 0 Å². The molecule has 7 heteroatoms. The van der Waals surface area contributed by atoms with Gasteiger partial charge in [-0.25, -0.2) is 0 Å². The van der Waals surface area contributed by atoms with Crippen molar-refractivity contribution in [3.05, 3.63) is 100 Å². The summed E-state index contributed by atoms with van der Waals surface area (Å²) in [5.74, 6) is -2.67. The summed E-state index contributed by atoms with van der Waals surface area (Å²) in [6, 6.07) is 17.1. The minimum absolute atomic E-state index is 0.0446. The smallest absolute Gasteiger partial charge is 0.233 e. The summed E-state index contributed by atoms with van der Waals surface area (Å²) in [5, 5.41) is 10.9. The number of Topliss-reactive ketones (excluding diaryl/α,β-unsaturated/α-hetero) is 1. The van der Waals surface area contributed by atoms with Gasteiger partial charge in [0.05, 0.1) is 11.8 Å². The normalized spacial score (nSPS) is 28.4. The van der Waals surface area contributed by atoms with Gasteiger partial charge in [0.25, 0.3) is 0 Å². The fourth-order valence-corrected chi connectivity index (χ4v) is 8.01. The number of carbonyl (C=O) groups is 4. The molecular weight excluding hydrogens is 528 g/mol. The summed E-state index contributed by atoms with van der Waals surface area (Å²) >= 11 is 0. The van der Waals surface area contributed by atoms with Crippen molar-refractivity contribution in [1.29, 1.82) is 0 Å². The van der Waals surface area contributed by atoms with Crippen molar-refractivity contribution in [2.45, 2.75) is 51.1 Å². The van der Waals surface area contributed by atoms with Gasteiger partial charge in [0.1, 0.15) is 5.75 Å². The molecule has 0 spiro atoms. The molecule has 2 saturated heterocycles. The molecule has 2 amide bonds. The molecule has 2 aromatic rings. The summed E-state index contributed by atoms with van der Waals surface area (Å²) in [6.07, 6.45) is 5.53. The first-order chi connectivity index (χ1) is 20.3. The van der Waals surface area contributed by atoms with Crippen LogP contribution in [0.3, 0.4) is 0 Å². The number of aromatic hydroxyl groups is 1. The zero-order valence-corrected chi connectivity index (χ0v) is 23.7. The number of amides is 2. The zero-order chi connectivity index (χ0) is 29.1. The van der Waals surface area contributed by atoms with Crippen LogP contribution in [0.5, 0.6) is 5.75 Å². The molecule has 0 aromatic heterocycles. The Morgan fingerprint density at radius 1 is 0.881 bits per heavy atom. The van der Waals surface area contributed by atoms with Gasteiger partial charge < -0.3 is 5.11 Å². The van der Waals surface area contributed by atoms with E-state index >= 15 is 0 Å². The number of hydrogen-bond donors (Lipinski definition) is 1. The number of rotatable bonds is 4. The van der Waals surface area contributed by atoms with Crippen LogP contribution in [-0.4, -0.2) is 57.4 Å². The first kappa shape index (κ1) is 26.8. The lowest BCUT2D eigenvalue weighted by Crippen LogP contribution is -2.47. The van der Waals surface area contributed by atoms with Crippen LogP contribution >= 0.6 is 0 Å². The first-order valence-electron chi connectivity index (χ1n) is 14.9. The number of carbonyl (C=O) groups excluding carboxylic acids is 4. The maximum absolute atomic E-state index is 14.2. The Kier molecular flexibility index (Phi) is 6.58. The minimum Gasteiger partial charge on any atom is -0.508 e. The molecule has 2 aliphatic heterocycles. The number of piperidine rings is 1. The molecule has 2 heterocycles. The average Bonchev–Trinajstić information content (AvgIpc) is 3.26. The second kappa shape index (κ2) is 10.3. The predicted octanol–water partition coefficient (Wildman–Crippen LogP) is 4.49. The fourth-order valence-electron chi connectivity index (χ4n) is 8.01. The van der Waals surface area contributed by atoms with E-state index in [0.717, 1.165) is 38.0 Å². The molecular formula is C35H34N2O5. The van der Waals surface area contributed by atoms with Crippen LogP contribution in [0.2, 0.25) is 0 Å². The molecule has 7 rings (SSSR count). The van der Waals surface area contributed by atoms with E-state index in [4.69, 9.17) is 0 Å². The Balaban J connectivity index is 1.18. The summed E-state index contributed by atoms with van der Waals surface area (Å²) in [7, 11) is 0. The molecule has 4 atom stereocenters. The van der Waals surface area contributed by atoms with Crippen LogP contribution in [-0.2, 0) is 25.7 Å². The van der Waals surface area contributed by atoms with Gasteiger partial charge in [-0.1, -0.05) is 60.2 Å². The second-order valence-corrected chi connectivity index (χ2v) is 12.3. The van der Waals surface area contributed by atoms with Gasteiger partial charge in [-0.05, 0) is 56.2 Å². The topological polar surface area (TPSA) is 95.0 Å². The van der Waals surface area contributed by atoms with E-state index in [1.165, 1.54) is 11.6 Å². The fraction of sp³-hybridized carbons (Fsp3) is 0.371. The van der Waals surface area contributed by atoms with E-state index in [0.29, 0.717) is 28.7 Å². The Morgan fingerprint density at radius 3 is 2.33 bits per heavy atom. The standard InChI is InChI=1S/C35H34N2O5/c1-20-17-29(39)27-18-26-23(30(32(27)33(20)40)24-9-5-6-10-28(24)38)11-12-25-31(26)35(42)37(34(25)41)22-13-15-36(16-14-22)19-21-7-3-2-4-8-21/h2-11,17,22,25-26,30-31,38H,12-16,18-19H2,1H3. The molecule has 214 valence electrons. The second-order valence-electron chi connectivity index (χ2n) is 12.3. The third-order valence-electron chi connectivity index (χ3n) is 10.0. The lowest BCUT2D eigenvalue weighted by molar-refractivity contribution is -0.144. The number of imide groups is 1. The quantitative estimate of drug-likeness (QED) is 0.335. The molecule has 7 nitrogen and oxygen atoms in total. The van der Waals surface area contributed by atoms with Crippen LogP contribution in [0, 0.1) is 17.8 Å². The van der Waals surface area contributed by atoms with Gasteiger partial charge in [-0.2, -0.15) is 0 Å². The van der Waals surface area contributed by atoms with E-state index in [1.807, 2.05) is 24.3 Å². The van der Waals surface area contributed by atoms with Crippen LogP contribution in [0.15, 0.2) is 89.0 Å². The largest absolute Gasteiger partial charge is 0.508 e. The van der Waals surface area contributed by atoms with Crippen molar-refractivity contribution in [3.8, 4) is 5.75 Å². The first-order valence-corrected chi connectivity index (χ1v) is 14.9. The summed E-state index contributed by atoms with van der Waals surface area (Å²) in [4.78, 5) is 58.7. The van der Waals surface area contributed by atoms with Crippen molar-refractivity contribution in [2.24, 2.45) is 17.8 Å². The van der Waals surface area contributed by atoms with E-state index in [2.05, 4.69) is 17.0 Å². The van der Waals surface area contributed by atoms with Crippen LogP contribution in [0.4, 0.5) is 0 Å². The third-order valence-corrected chi connectivity index (χ3v) is 10.0. The third kappa shape index (κ3) is 4.21. The SMILES string of the molecule is CC1=CC(=O)C2=C(C1=O)C(c1ccccc1O)C1=CCC3C(=O)N(C4CCN(Cc5ccccc5)CC4)C(=O)C3C1C2. The Hall–Kier alpha value is -4.10. The molecule has 2 aromatic carbocycles. The summed E-state index contributed by atoms with van der Waals surface area (Å²) < 4.78 is 0. The number of likely N-dealkylation sites (tertiary alicyclic amines) is 2. The van der Waals surface area contributed by atoms with Gasteiger partial charge in [-0.3, -0.25) is 29.0 Å². The van der Waals surface area contributed by atoms with Gasteiger partial charge in [0, 0.05) is 53.9 Å². The van der Waals surface area contributed by atoms with Crippen molar-refractivity contribution in [2.75, 3.05) is 13.1 Å². The number of ketones is 2. The van der Waals surface area contributed by atoms with Crippen molar-refractivity contribution in [1.82, 2.24) is 9.80 Å². The van der Waals surface area contributed by atoms with E-state index in [-0.39, 0.29) is 47.5 Å². The minimum atomic E-state index is -0.626. The predicted molar refractivity (Wildman–Crippen MR) is 156 cm³/mol. The highest BCUT2D eigenvalue weighted by Gasteiger charge is 2.57. The van der Waals surface area contributed by atoms with Crippen molar-refractivity contribution >= 4 is 23.4 Å². The van der Waals surface area contributed by atoms with Crippen molar-refractivity contribution in [3.63, 3.8) is 0 Å². The van der Waals surface area contributed by atoms with Crippen molar-refractivity contribution < 1.29 is 24.3 Å². The molecule has 0 radical (unpaired) electrons. The lowest BCUT2D eigenvalue weighted by atomic mass is 9.59. The number of nitrogens with zero attached hydrogens (tertiary/aromatic N) is 2. The number of benzene rings is 2. The maximum atomic E-state index is 14.2. The van der Waals surface area contributed by atoms with E-state index in [1.54, 1.807) is 36.1 Å². The van der Waals surface area contributed by atoms with Crippen LogP contribution in [0.25, 0.3) is 0 Å². The Labute approximate surface area is 245 Å². The number of para-hydroxylation sites is 1. The van der Waals surface area contributed by atoms with Gasteiger partial charge >= 0.3 is 0 Å². The molecule has 2 fully saturated rings. The monoisotopic (exact) mass is 562 g/mol. The number of allylic oxidation sites excluding steroid dienone is 6. The maximum Gasteiger partial charge on any atom is 0.233 e. The molecule has 5 aliphatic rings. The van der Waals surface area contributed by atoms with Crippen LogP contribution in [0.1, 0.15) is 49.7 Å². The van der Waals surface area contributed by atoms with Gasteiger partial charge in [0.2, 0.25) is 11.8 Å². The number of fused-ring (bicyclic) bond motifs is 3. The highest BCUT2D eigenvalue weighted by Crippen LogP contribution is 2.56. The Morgan fingerprint density at radius 2 is 1.60 bits per heavy atom. The molecule has 3 aliphatic carbocycles. The van der Waals surface area contributed by atoms with E-state index < -0.39 is 17.8 Å².